The van der Waals surface area contributed by atoms with Crippen molar-refractivity contribution in [3.63, 3.8) is 0 Å². The molecule has 0 saturated carbocycles. The Hall–Kier alpha value is -6.02. The van der Waals surface area contributed by atoms with Crippen molar-refractivity contribution in [1.82, 2.24) is 47.9 Å². The van der Waals surface area contributed by atoms with E-state index in [1.807, 2.05) is 45.9 Å². The van der Waals surface area contributed by atoms with Crippen LogP contribution in [0.2, 0.25) is 0 Å². The van der Waals surface area contributed by atoms with E-state index >= 15 is 0 Å². The van der Waals surface area contributed by atoms with E-state index in [1.165, 1.54) is 0 Å². The van der Waals surface area contributed by atoms with Crippen LogP contribution in [0, 0.1) is 17.8 Å². The molecule has 0 heterocycles. The molecule has 25 nitrogen and oxygen atoms in total. The standard InChI is InChI=1S/C54H99N15O10/c1-8-9-10-11-15-18-44(70)61-37(20-25-56)47(72)63-38(21-26-57)48(73)64-39(22-27-58)49(74)67-43(31-35-16-13-12-14-17-35)53(78)66-41(29-32(2)3)52(77)65-40(23-28-59)50(75)69-45(34(6)7)54(79)68-42(30-33(4)5)51(76)62-36(19-24-55)46(60)71/h13,16-17,32-34,36-43,45H,8-12,14-15,18-31,55-59H2,1-7H3,(H2,60,71)(H,61,70)(H,62,76)(H,63,72)(H,64,73)(H,65,77)(H,66,78)(H,67,74)(H,68,79)(H,69,75)/t36-,37-,38?,39-,40?,41-,42-,43+,45+/m0/s1. The van der Waals surface area contributed by atoms with Crippen LogP contribution in [0.1, 0.15) is 151 Å². The molecule has 79 heavy (non-hydrogen) atoms. The van der Waals surface area contributed by atoms with Crippen LogP contribution in [-0.2, 0) is 47.9 Å². The summed E-state index contributed by atoms with van der Waals surface area (Å²) in [6.45, 7) is 12.7. The van der Waals surface area contributed by atoms with Gasteiger partial charge in [-0.15, -0.1) is 0 Å². The summed E-state index contributed by atoms with van der Waals surface area (Å²) in [7, 11) is 0. The fourth-order valence-electron chi connectivity index (χ4n) is 8.70. The number of carbonyl (C=O) groups is 10. The Morgan fingerprint density at radius 1 is 0.443 bits per heavy atom. The summed E-state index contributed by atoms with van der Waals surface area (Å²) in [5.74, 6) is -7.74. The normalized spacial score (nSPS) is 15.7. The SMILES string of the molecule is CCCCCCCC(=O)N[C@@H](CCN)C(=O)NC(CCN)C(=O)N[C@@H](CCN)C(=O)N[C@H](CC1=CCCC=C1)C(=O)N[C@@H](CC(C)C)C(=O)NC(CCN)C(=O)N[C@@H](C(=O)N[C@@H](CC(C)C)C(=O)N[C@@H](CCN)C(N)=O)C(C)C. The molecule has 9 atom stereocenters. The Morgan fingerprint density at radius 2 is 0.810 bits per heavy atom. The Labute approximate surface area is 467 Å². The maximum absolute atomic E-state index is 14.5. The van der Waals surface area contributed by atoms with Gasteiger partial charge in [-0.05, 0) is 120 Å². The maximum Gasteiger partial charge on any atom is 0.243 e. The van der Waals surface area contributed by atoms with Gasteiger partial charge in [-0.2, -0.15) is 0 Å². The third-order valence-electron chi connectivity index (χ3n) is 13.1. The molecule has 1 rings (SSSR count). The maximum atomic E-state index is 14.5. The summed E-state index contributed by atoms with van der Waals surface area (Å²) < 4.78 is 0. The fraction of sp³-hybridized carbons (Fsp3) is 0.741. The van der Waals surface area contributed by atoms with Crippen LogP contribution in [0.25, 0.3) is 0 Å². The Balaban J connectivity index is 3.42. The first-order valence-electron chi connectivity index (χ1n) is 28.3. The zero-order chi connectivity index (χ0) is 59.6. The zero-order valence-electron chi connectivity index (χ0n) is 48.1. The monoisotopic (exact) mass is 1120 g/mol. The van der Waals surface area contributed by atoms with Gasteiger partial charge in [-0.1, -0.05) is 92.4 Å². The summed E-state index contributed by atoms with van der Waals surface area (Å²) in [6, 6.07) is -10.8. The molecule has 1 aliphatic rings. The average molecular weight is 1120 g/mol. The van der Waals surface area contributed by atoms with Gasteiger partial charge in [0.25, 0.3) is 0 Å². The van der Waals surface area contributed by atoms with Crippen LogP contribution in [-0.4, -0.2) is 146 Å². The van der Waals surface area contributed by atoms with Crippen molar-refractivity contribution >= 4 is 59.1 Å². The van der Waals surface area contributed by atoms with Gasteiger partial charge in [-0.25, -0.2) is 0 Å². The molecule has 25 heteroatoms. The highest BCUT2D eigenvalue weighted by Crippen LogP contribution is 2.17. The van der Waals surface area contributed by atoms with Gasteiger partial charge >= 0.3 is 0 Å². The summed E-state index contributed by atoms with van der Waals surface area (Å²) >= 11 is 0. The molecule has 0 radical (unpaired) electrons. The van der Waals surface area contributed by atoms with Gasteiger partial charge in [0, 0.05) is 12.8 Å². The zero-order valence-corrected chi connectivity index (χ0v) is 48.1. The Bertz CT molecular complexity index is 2020. The van der Waals surface area contributed by atoms with Gasteiger partial charge in [0.15, 0.2) is 0 Å². The molecule has 10 amide bonds. The first-order valence-corrected chi connectivity index (χ1v) is 28.3. The van der Waals surface area contributed by atoms with Crippen molar-refractivity contribution in [2.75, 3.05) is 32.7 Å². The van der Waals surface area contributed by atoms with Crippen LogP contribution < -0.4 is 82.3 Å². The quantitative estimate of drug-likeness (QED) is 0.0305. The molecule has 2 unspecified atom stereocenters. The number of amides is 10. The topological polar surface area (TPSA) is 435 Å². The molecule has 0 aromatic heterocycles. The van der Waals surface area contributed by atoms with E-state index < -0.39 is 113 Å². The van der Waals surface area contributed by atoms with Crippen molar-refractivity contribution in [2.45, 2.75) is 206 Å². The van der Waals surface area contributed by atoms with E-state index in [9.17, 15) is 47.9 Å². The predicted molar refractivity (Wildman–Crippen MR) is 303 cm³/mol. The fourth-order valence-corrected chi connectivity index (χ4v) is 8.70. The molecule has 0 saturated heterocycles. The summed E-state index contributed by atoms with van der Waals surface area (Å²) in [5.41, 5.74) is 35.3. The lowest BCUT2D eigenvalue weighted by Gasteiger charge is -2.29. The van der Waals surface area contributed by atoms with E-state index in [0.717, 1.165) is 37.7 Å². The highest BCUT2D eigenvalue weighted by Gasteiger charge is 2.36. The van der Waals surface area contributed by atoms with Gasteiger partial charge in [0.1, 0.15) is 54.4 Å². The molecule has 0 bridgehead atoms. The molecule has 0 aromatic rings. The van der Waals surface area contributed by atoms with Crippen molar-refractivity contribution in [2.24, 2.45) is 52.2 Å². The number of nitrogens with one attached hydrogen (secondary N) is 9. The number of primary amides is 1. The average Bonchev–Trinajstić information content (AvgIpc) is 3.38. The molecule has 450 valence electrons. The second-order valence-electron chi connectivity index (χ2n) is 21.5. The van der Waals surface area contributed by atoms with Gasteiger partial charge in [0.05, 0.1) is 0 Å². The molecule has 0 aromatic carbocycles. The third-order valence-corrected chi connectivity index (χ3v) is 13.1. The number of unbranched alkanes of at least 4 members (excludes halogenated alkanes) is 4. The number of hydrogen-bond acceptors (Lipinski definition) is 15. The highest BCUT2D eigenvalue weighted by atomic mass is 16.2. The van der Waals surface area contributed by atoms with Gasteiger partial charge in [0.2, 0.25) is 59.1 Å². The van der Waals surface area contributed by atoms with E-state index in [-0.39, 0.29) is 108 Å². The second kappa shape index (κ2) is 39.4. The smallest absolute Gasteiger partial charge is 0.243 e. The molecule has 0 fully saturated rings. The van der Waals surface area contributed by atoms with Crippen LogP contribution in [0.5, 0.6) is 0 Å². The van der Waals surface area contributed by atoms with Gasteiger partial charge in [-0.3, -0.25) is 47.9 Å². The second-order valence-corrected chi connectivity index (χ2v) is 21.5. The molecule has 21 N–H and O–H groups in total. The largest absolute Gasteiger partial charge is 0.368 e. The van der Waals surface area contributed by atoms with Crippen LogP contribution >= 0.6 is 0 Å². The van der Waals surface area contributed by atoms with Crippen molar-refractivity contribution < 1.29 is 47.9 Å². The molecular weight excluding hydrogens is 1020 g/mol. The summed E-state index contributed by atoms with van der Waals surface area (Å²) in [5, 5.41) is 24.2. The molecule has 1 aliphatic carbocycles. The Kier molecular flexibility index (Phi) is 35.4. The molecule has 0 aliphatic heterocycles. The minimum Gasteiger partial charge on any atom is -0.368 e. The Morgan fingerprint density at radius 3 is 1.22 bits per heavy atom. The summed E-state index contributed by atoms with van der Waals surface area (Å²) in [6.07, 6.45) is 12.2. The van der Waals surface area contributed by atoms with Crippen molar-refractivity contribution in [3.05, 3.63) is 23.8 Å². The van der Waals surface area contributed by atoms with Crippen molar-refractivity contribution in [3.8, 4) is 0 Å². The third kappa shape index (κ3) is 28.1. The number of nitrogens with two attached hydrogens (primary N) is 6. The first kappa shape index (κ1) is 71.0. The van der Waals surface area contributed by atoms with Crippen LogP contribution in [0.15, 0.2) is 23.8 Å². The summed E-state index contributed by atoms with van der Waals surface area (Å²) in [4.78, 5) is 136. The predicted octanol–water partition coefficient (Wildman–Crippen LogP) is -1.65. The van der Waals surface area contributed by atoms with E-state index in [0.29, 0.717) is 12.8 Å². The lowest BCUT2D eigenvalue weighted by atomic mass is 9.97. The lowest BCUT2D eigenvalue weighted by Crippen LogP contribution is -2.61. The first-order chi connectivity index (χ1) is 37.5. The van der Waals surface area contributed by atoms with Crippen molar-refractivity contribution in [1.29, 1.82) is 0 Å². The lowest BCUT2D eigenvalue weighted by molar-refractivity contribution is -0.136. The number of hydrogen-bond donors (Lipinski definition) is 15. The highest BCUT2D eigenvalue weighted by molar-refractivity contribution is 5.98. The number of allylic oxidation sites excluding steroid dienone is 3. The van der Waals surface area contributed by atoms with Crippen LogP contribution in [0.3, 0.4) is 0 Å². The van der Waals surface area contributed by atoms with E-state index in [4.69, 9.17) is 34.4 Å². The van der Waals surface area contributed by atoms with Crippen LogP contribution in [0.4, 0.5) is 0 Å². The molecular formula is C54H99N15O10. The minimum atomic E-state index is -1.30. The number of rotatable bonds is 41. The van der Waals surface area contributed by atoms with Gasteiger partial charge < -0.3 is 82.3 Å². The van der Waals surface area contributed by atoms with E-state index in [2.05, 4.69) is 54.8 Å². The molecule has 0 spiro atoms. The minimum absolute atomic E-state index is 0.0117. The number of carbonyl (C=O) groups excluding carboxylic acids is 10. The van der Waals surface area contributed by atoms with E-state index in [1.54, 1.807) is 13.8 Å².